The van der Waals surface area contributed by atoms with Gasteiger partial charge in [-0.2, -0.15) is 0 Å². The van der Waals surface area contributed by atoms with Crippen LogP contribution in [-0.4, -0.2) is 51.9 Å². The third-order valence-corrected chi connectivity index (χ3v) is 6.02. The minimum Gasteiger partial charge on any atom is -0.356 e. The van der Waals surface area contributed by atoms with Gasteiger partial charge in [-0.05, 0) is 38.3 Å². The first-order chi connectivity index (χ1) is 12.7. The lowest BCUT2D eigenvalue weighted by Crippen LogP contribution is -2.33. The van der Waals surface area contributed by atoms with Gasteiger partial charge in [-0.1, -0.05) is 0 Å². The summed E-state index contributed by atoms with van der Waals surface area (Å²) in [6, 6.07) is 3.60. The summed E-state index contributed by atoms with van der Waals surface area (Å²) < 4.78 is 0. The van der Waals surface area contributed by atoms with Crippen molar-refractivity contribution in [2.45, 2.75) is 26.2 Å². The van der Waals surface area contributed by atoms with Crippen LogP contribution < -0.4 is 4.90 Å². The quantitative estimate of drug-likeness (QED) is 0.828. The number of carbonyl (C=O) groups is 1. The molecule has 4 heterocycles. The Morgan fingerprint density at radius 1 is 1.04 bits per heavy atom. The molecule has 2 atom stereocenters. The molecule has 2 aromatic rings. The molecule has 5 rings (SSSR count). The first kappa shape index (κ1) is 15.7. The van der Waals surface area contributed by atoms with Crippen LogP contribution in [0.2, 0.25) is 0 Å². The van der Waals surface area contributed by atoms with Crippen LogP contribution in [0.15, 0.2) is 24.5 Å². The summed E-state index contributed by atoms with van der Waals surface area (Å²) in [5, 5.41) is 0. The Balaban J connectivity index is 1.32. The van der Waals surface area contributed by atoms with E-state index in [1.54, 1.807) is 24.5 Å². The Morgan fingerprint density at radius 2 is 1.77 bits per heavy atom. The fourth-order valence-corrected chi connectivity index (χ4v) is 4.80. The molecule has 0 spiro atoms. The van der Waals surface area contributed by atoms with Crippen molar-refractivity contribution < 1.29 is 4.79 Å². The zero-order valence-electron chi connectivity index (χ0n) is 15.1. The number of fused-ring (bicyclic) bond motifs is 2. The van der Waals surface area contributed by atoms with E-state index < -0.39 is 0 Å². The zero-order valence-corrected chi connectivity index (χ0v) is 15.1. The summed E-state index contributed by atoms with van der Waals surface area (Å²) >= 11 is 0. The maximum Gasteiger partial charge on any atom is 0.253 e. The number of rotatable bonds is 2. The minimum absolute atomic E-state index is 0.132. The summed E-state index contributed by atoms with van der Waals surface area (Å²) in [5.74, 6) is 3.24. The van der Waals surface area contributed by atoms with E-state index >= 15 is 0 Å². The number of amides is 1. The van der Waals surface area contributed by atoms with E-state index in [9.17, 15) is 4.79 Å². The molecule has 6 heteroatoms. The second-order valence-corrected chi connectivity index (χ2v) is 7.74. The third-order valence-electron chi connectivity index (χ3n) is 6.02. The highest BCUT2D eigenvalue weighted by Gasteiger charge is 2.43. The van der Waals surface area contributed by atoms with Crippen LogP contribution in [0.3, 0.4) is 0 Å². The highest BCUT2D eigenvalue weighted by molar-refractivity contribution is 5.94. The molecule has 6 nitrogen and oxygen atoms in total. The highest BCUT2D eigenvalue weighted by Crippen LogP contribution is 2.37. The van der Waals surface area contributed by atoms with Gasteiger partial charge >= 0.3 is 0 Å². The van der Waals surface area contributed by atoms with Gasteiger partial charge in [-0.3, -0.25) is 9.78 Å². The summed E-state index contributed by atoms with van der Waals surface area (Å²) in [4.78, 5) is 30.6. The van der Waals surface area contributed by atoms with Crippen LogP contribution in [-0.2, 0) is 12.8 Å². The standard InChI is InChI=1S/C20H23N5O/c1-13-22-18-4-2-3-17(18)19(23-13)24-9-15-11-25(12-16(15)10-24)20(26)14-5-7-21-8-6-14/h5-8,15-16H,2-4,9-12H2,1H3. The molecular weight excluding hydrogens is 326 g/mol. The van der Waals surface area contributed by atoms with E-state index in [2.05, 4.69) is 14.9 Å². The average molecular weight is 349 g/mol. The molecule has 0 radical (unpaired) electrons. The van der Waals surface area contributed by atoms with Crippen LogP contribution in [0.1, 0.15) is 33.9 Å². The molecule has 2 saturated heterocycles. The van der Waals surface area contributed by atoms with Gasteiger partial charge in [0.05, 0.1) is 0 Å². The number of nitrogens with zero attached hydrogens (tertiary/aromatic N) is 5. The van der Waals surface area contributed by atoms with Gasteiger partial charge in [0.15, 0.2) is 0 Å². The van der Waals surface area contributed by atoms with Crippen LogP contribution in [0, 0.1) is 18.8 Å². The second-order valence-electron chi connectivity index (χ2n) is 7.74. The molecule has 2 aliphatic heterocycles. The molecule has 0 saturated carbocycles. The largest absolute Gasteiger partial charge is 0.356 e. The molecule has 1 amide bonds. The van der Waals surface area contributed by atoms with Gasteiger partial charge in [0, 0.05) is 67.2 Å². The van der Waals surface area contributed by atoms with Crippen molar-refractivity contribution in [2.24, 2.45) is 11.8 Å². The van der Waals surface area contributed by atoms with Crippen LogP contribution in [0.5, 0.6) is 0 Å². The molecule has 1 aliphatic carbocycles. The lowest BCUT2D eigenvalue weighted by molar-refractivity contribution is 0.0782. The molecule has 0 aromatic carbocycles. The van der Waals surface area contributed by atoms with Crippen LogP contribution in [0.25, 0.3) is 0 Å². The van der Waals surface area contributed by atoms with Gasteiger partial charge in [0.25, 0.3) is 5.91 Å². The highest BCUT2D eigenvalue weighted by atomic mass is 16.2. The molecule has 26 heavy (non-hydrogen) atoms. The number of hydrogen-bond donors (Lipinski definition) is 0. The fourth-order valence-electron chi connectivity index (χ4n) is 4.80. The minimum atomic E-state index is 0.132. The smallest absolute Gasteiger partial charge is 0.253 e. The summed E-state index contributed by atoms with van der Waals surface area (Å²) in [6.07, 6.45) is 6.74. The van der Waals surface area contributed by atoms with E-state index in [0.29, 0.717) is 11.8 Å². The predicted octanol–water partition coefficient (Wildman–Crippen LogP) is 1.88. The van der Waals surface area contributed by atoms with Crippen molar-refractivity contribution in [2.75, 3.05) is 31.1 Å². The van der Waals surface area contributed by atoms with E-state index in [1.807, 2.05) is 11.8 Å². The van der Waals surface area contributed by atoms with Gasteiger partial charge in [0.1, 0.15) is 11.6 Å². The van der Waals surface area contributed by atoms with Crippen molar-refractivity contribution in [3.8, 4) is 0 Å². The Labute approximate surface area is 153 Å². The molecule has 2 fully saturated rings. The van der Waals surface area contributed by atoms with Gasteiger partial charge < -0.3 is 9.80 Å². The zero-order chi connectivity index (χ0) is 17.7. The van der Waals surface area contributed by atoms with Crippen molar-refractivity contribution >= 4 is 11.7 Å². The lowest BCUT2D eigenvalue weighted by Gasteiger charge is -2.24. The van der Waals surface area contributed by atoms with Gasteiger partial charge in [-0.25, -0.2) is 9.97 Å². The Bertz CT molecular complexity index is 839. The average Bonchev–Trinajstić information content (AvgIpc) is 3.35. The molecule has 2 aromatic heterocycles. The molecule has 0 N–H and O–H groups in total. The maximum absolute atomic E-state index is 12.7. The number of aryl methyl sites for hydroxylation is 2. The number of carbonyl (C=O) groups excluding carboxylic acids is 1. The van der Waals surface area contributed by atoms with Crippen LogP contribution >= 0.6 is 0 Å². The first-order valence-electron chi connectivity index (χ1n) is 9.49. The fraction of sp³-hybridized carbons (Fsp3) is 0.500. The number of hydrogen-bond acceptors (Lipinski definition) is 5. The number of pyridine rings is 1. The first-order valence-corrected chi connectivity index (χ1v) is 9.49. The predicted molar refractivity (Wildman–Crippen MR) is 98.1 cm³/mol. The number of anilines is 1. The Hall–Kier alpha value is -2.50. The van der Waals surface area contributed by atoms with Crippen molar-refractivity contribution in [3.63, 3.8) is 0 Å². The van der Waals surface area contributed by atoms with Crippen molar-refractivity contribution in [1.82, 2.24) is 19.9 Å². The summed E-state index contributed by atoms with van der Waals surface area (Å²) in [5.41, 5.74) is 3.35. The molecule has 0 bridgehead atoms. The van der Waals surface area contributed by atoms with E-state index in [1.165, 1.54) is 17.7 Å². The molecular formula is C20H23N5O. The third kappa shape index (κ3) is 2.55. The van der Waals surface area contributed by atoms with E-state index in [0.717, 1.165) is 56.2 Å². The molecule has 2 unspecified atom stereocenters. The van der Waals surface area contributed by atoms with E-state index in [-0.39, 0.29) is 5.91 Å². The lowest BCUT2D eigenvalue weighted by atomic mass is 10.0. The van der Waals surface area contributed by atoms with Gasteiger partial charge in [0.2, 0.25) is 0 Å². The van der Waals surface area contributed by atoms with Crippen molar-refractivity contribution in [3.05, 3.63) is 47.2 Å². The molecule has 3 aliphatic rings. The van der Waals surface area contributed by atoms with E-state index in [4.69, 9.17) is 4.98 Å². The molecule has 134 valence electrons. The monoisotopic (exact) mass is 349 g/mol. The summed E-state index contributed by atoms with van der Waals surface area (Å²) in [7, 11) is 0. The second kappa shape index (κ2) is 6.04. The topological polar surface area (TPSA) is 62.2 Å². The van der Waals surface area contributed by atoms with Gasteiger partial charge in [-0.15, -0.1) is 0 Å². The number of aromatic nitrogens is 3. The van der Waals surface area contributed by atoms with Crippen LogP contribution in [0.4, 0.5) is 5.82 Å². The summed E-state index contributed by atoms with van der Waals surface area (Å²) in [6.45, 7) is 5.67. The Kier molecular flexibility index (Phi) is 3.65. The Morgan fingerprint density at radius 3 is 2.50 bits per heavy atom. The maximum atomic E-state index is 12.7. The normalized spacial score (nSPS) is 24.0. The SMILES string of the molecule is Cc1nc2c(c(N3CC4CN(C(=O)c5ccncc5)CC4C3)n1)CCC2. The van der Waals surface area contributed by atoms with Crippen molar-refractivity contribution in [1.29, 1.82) is 0 Å². The number of likely N-dealkylation sites (tertiary alicyclic amines) is 1.